The molecule has 1 atom stereocenters. The molecule has 2 nitrogen and oxygen atoms in total. The van der Waals surface area contributed by atoms with Crippen molar-refractivity contribution >= 4 is 49.9 Å². The summed E-state index contributed by atoms with van der Waals surface area (Å²) in [5.41, 5.74) is 1.85. The van der Waals surface area contributed by atoms with Crippen molar-refractivity contribution in [3.8, 4) is 5.75 Å². The molecule has 5 heteroatoms. The van der Waals surface area contributed by atoms with Gasteiger partial charge in [-0.3, -0.25) is 4.79 Å². The summed E-state index contributed by atoms with van der Waals surface area (Å²) in [7, 11) is 0.0168. The Morgan fingerprint density at radius 3 is 2.45 bits per heavy atom. The van der Waals surface area contributed by atoms with Crippen LogP contribution in [0.25, 0.3) is 0 Å². The van der Waals surface area contributed by atoms with Crippen LogP contribution in [-0.2, 0) is 0 Å². The number of hydrogen-bond donors (Lipinski definition) is 0. The maximum atomic E-state index is 12.4. The van der Waals surface area contributed by atoms with Crippen molar-refractivity contribution in [2.75, 3.05) is 0 Å². The molecule has 2 aromatic carbocycles. The average molecular weight is 329 g/mol. The summed E-state index contributed by atoms with van der Waals surface area (Å²) in [5, 5.41) is 1.43. The molecule has 112 valence electrons. The number of rotatable bonds is 5. The van der Waals surface area contributed by atoms with Crippen molar-refractivity contribution in [1.82, 2.24) is 0 Å². The first kappa shape index (κ1) is 19.3. The summed E-state index contributed by atoms with van der Waals surface area (Å²) in [5.74, 6) is 0.729. The van der Waals surface area contributed by atoms with E-state index >= 15 is 0 Å². The molecular weight excluding hydrogens is 310 g/mol. The standard InChI is InChI=1S/C17H18ClO2P.Li.H/c1-11(2)20-13-8-9-16(15(18)10-13)21-17(19)14-7-5-4-6-12(14)3;;/h4-11,21H,1-3H3;;. The minimum atomic E-state index is 0. The Morgan fingerprint density at radius 1 is 1.18 bits per heavy atom. The number of benzene rings is 2. The molecule has 0 heterocycles. The Balaban J connectivity index is 0.00000242. The van der Waals surface area contributed by atoms with Crippen LogP contribution in [0.3, 0.4) is 0 Å². The molecule has 0 spiro atoms. The van der Waals surface area contributed by atoms with E-state index < -0.39 is 0 Å². The molecule has 0 saturated carbocycles. The van der Waals surface area contributed by atoms with Crippen molar-refractivity contribution < 1.29 is 9.53 Å². The molecule has 22 heavy (non-hydrogen) atoms. The molecule has 0 fully saturated rings. The zero-order valence-electron chi connectivity index (χ0n) is 12.3. The van der Waals surface area contributed by atoms with E-state index in [1.807, 2.05) is 57.2 Å². The van der Waals surface area contributed by atoms with E-state index in [1.54, 1.807) is 6.07 Å². The zero-order valence-corrected chi connectivity index (χ0v) is 14.1. The van der Waals surface area contributed by atoms with Crippen LogP contribution in [-0.4, -0.2) is 30.5 Å². The van der Waals surface area contributed by atoms with Crippen LogP contribution in [0.5, 0.6) is 5.75 Å². The quantitative estimate of drug-likeness (QED) is 0.614. The van der Waals surface area contributed by atoms with E-state index in [9.17, 15) is 4.79 Å². The van der Waals surface area contributed by atoms with Gasteiger partial charge < -0.3 is 4.74 Å². The van der Waals surface area contributed by atoms with Crippen molar-refractivity contribution in [3.05, 3.63) is 58.6 Å². The van der Waals surface area contributed by atoms with Gasteiger partial charge in [-0.25, -0.2) is 0 Å². The summed E-state index contributed by atoms with van der Waals surface area (Å²) in [6.45, 7) is 5.87. The van der Waals surface area contributed by atoms with Crippen molar-refractivity contribution in [1.29, 1.82) is 0 Å². The third-order valence-electron chi connectivity index (χ3n) is 2.95. The Hall–Kier alpha value is -0.773. The molecule has 0 aliphatic carbocycles. The Bertz CT molecular complexity index is 659. The normalized spacial score (nSPS) is 10.8. The van der Waals surface area contributed by atoms with Gasteiger partial charge in [-0.2, -0.15) is 0 Å². The first-order chi connectivity index (χ1) is 9.97. The average Bonchev–Trinajstić information content (AvgIpc) is 2.41. The number of halogens is 1. The van der Waals surface area contributed by atoms with Gasteiger partial charge in [0.25, 0.3) is 0 Å². The van der Waals surface area contributed by atoms with E-state index in [0.29, 0.717) is 5.02 Å². The number of carbonyl (C=O) groups is 1. The second-order valence-corrected chi connectivity index (χ2v) is 6.73. The number of hydrogen-bond acceptors (Lipinski definition) is 2. The van der Waals surface area contributed by atoms with Gasteiger partial charge in [0.2, 0.25) is 0 Å². The van der Waals surface area contributed by atoms with Crippen LogP contribution in [0.15, 0.2) is 42.5 Å². The zero-order chi connectivity index (χ0) is 15.4. The molecule has 0 amide bonds. The third kappa shape index (κ3) is 5.15. The second-order valence-electron chi connectivity index (χ2n) is 5.08. The van der Waals surface area contributed by atoms with E-state index in [1.165, 1.54) is 0 Å². The maximum absolute atomic E-state index is 12.4. The van der Waals surface area contributed by atoms with E-state index in [0.717, 1.165) is 22.2 Å². The van der Waals surface area contributed by atoms with Gasteiger partial charge in [0, 0.05) is 5.56 Å². The topological polar surface area (TPSA) is 26.3 Å². The van der Waals surface area contributed by atoms with E-state index in [-0.39, 0.29) is 39.1 Å². The summed E-state index contributed by atoms with van der Waals surface area (Å²) < 4.78 is 5.59. The summed E-state index contributed by atoms with van der Waals surface area (Å²) in [4.78, 5) is 12.4. The van der Waals surface area contributed by atoms with Gasteiger partial charge in [-0.05, 0) is 58.4 Å². The Labute approximate surface area is 150 Å². The fourth-order valence-corrected chi connectivity index (χ4v) is 3.29. The molecule has 0 saturated heterocycles. The molecule has 2 aromatic rings. The predicted molar refractivity (Wildman–Crippen MR) is 97.8 cm³/mol. The SMILES string of the molecule is Cc1ccccc1C(=O)Pc1ccc(OC(C)C)cc1Cl.[LiH]. The third-order valence-corrected chi connectivity index (χ3v) is 4.62. The summed E-state index contributed by atoms with van der Waals surface area (Å²) >= 11 is 6.26. The van der Waals surface area contributed by atoms with Crippen molar-refractivity contribution in [2.45, 2.75) is 26.9 Å². The first-order valence-electron chi connectivity index (χ1n) is 6.80. The Morgan fingerprint density at radius 2 is 1.86 bits per heavy atom. The molecular formula is C17H19ClLiO2P. The fourth-order valence-electron chi connectivity index (χ4n) is 1.96. The molecule has 0 aliphatic rings. The van der Waals surface area contributed by atoms with E-state index in [2.05, 4.69) is 0 Å². The van der Waals surface area contributed by atoms with Gasteiger partial charge in [-0.1, -0.05) is 35.9 Å². The second kappa shape index (κ2) is 8.75. The van der Waals surface area contributed by atoms with Gasteiger partial charge >= 0.3 is 18.9 Å². The van der Waals surface area contributed by atoms with Crippen molar-refractivity contribution in [3.63, 3.8) is 0 Å². The van der Waals surface area contributed by atoms with Crippen LogP contribution < -0.4 is 10.0 Å². The van der Waals surface area contributed by atoms with Gasteiger partial charge in [-0.15, -0.1) is 0 Å². The van der Waals surface area contributed by atoms with Gasteiger partial charge in [0.15, 0.2) is 5.52 Å². The monoisotopic (exact) mass is 328 g/mol. The molecule has 2 rings (SSSR count). The van der Waals surface area contributed by atoms with Crippen LogP contribution in [0, 0.1) is 6.92 Å². The number of carbonyl (C=O) groups excluding carboxylic acids is 1. The van der Waals surface area contributed by atoms with Crippen LogP contribution in [0.4, 0.5) is 0 Å². The Kier molecular flexibility index (Phi) is 7.67. The number of aryl methyl sites for hydroxylation is 1. The predicted octanol–water partition coefficient (Wildman–Crippen LogP) is 3.93. The van der Waals surface area contributed by atoms with Crippen LogP contribution >= 0.6 is 20.2 Å². The summed E-state index contributed by atoms with van der Waals surface area (Å²) in [6, 6.07) is 13.1. The molecule has 1 unspecified atom stereocenters. The molecule has 0 aliphatic heterocycles. The van der Waals surface area contributed by atoms with Crippen LogP contribution in [0.1, 0.15) is 29.8 Å². The molecule has 0 bridgehead atoms. The molecule has 0 N–H and O–H groups in total. The van der Waals surface area contributed by atoms with Crippen LogP contribution in [0.2, 0.25) is 5.02 Å². The fraction of sp³-hybridized carbons (Fsp3) is 0.235. The van der Waals surface area contributed by atoms with Crippen molar-refractivity contribution in [2.24, 2.45) is 0 Å². The van der Waals surface area contributed by atoms with E-state index in [4.69, 9.17) is 16.3 Å². The number of ether oxygens (including phenoxy) is 1. The molecule has 0 radical (unpaired) electrons. The minimum absolute atomic E-state index is 0. The summed E-state index contributed by atoms with van der Waals surface area (Å²) in [6.07, 6.45) is 0.1000. The van der Waals surface area contributed by atoms with Gasteiger partial charge in [0.1, 0.15) is 5.75 Å². The molecule has 0 aromatic heterocycles. The first-order valence-corrected chi connectivity index (χ1v) is 8.18. The van der Waals surface area contributed by atoms with Gasteiger partial charge in [0.05, 0.1) is 11.1 Å².